The average molecular weight is 453 g/mol. The minimum absolute atomic E-state index is 0.0565. The fourth-order valence-electron chi connectivity index (χ4n) is 3.70. The normalized spacial score (nSPS) is 13.4. The number of aryl methyl sites for hydroxylation is 3. The molecular weight excluding hydrogens is 424 g/mol. The van der Waals surface area contributed by atoms with Crippen molar-refractivity contribution in [1.29, 1.82) is 0 Å². The van der Waals surface area contributed by atoms with Crippen molar-refractivity contribution >= 4 is 34.1 Å². The van der Waals surface area contributed by atoms with Crippen LogP contribution in [0, 0.1) is 6.92 Å². The lowest BCUT2D eigenvalue weighted by Crippen LogP contribution is -2.17. The van der Waals surface area contributed by atoms with E-state index >= 15 is 0 Å². The van der Waals surface area contributed by atoms with Gasteiger partial charge in [0, 0.05) is 35.4 Å². The lowest BCUT2D eigenvalue weighted by molar-refractivity contribution is 0.899. The molecule has 0 saturated carbocycles. The van der Waals surface area contributed by atoms with Crippen molar-refractivity contribution < 1.29 is 0 Å². The second-order valence-corrected chi connectivity index (χ2v) is 9.74. The highest BCUT2D eigenvalue weighted by molar-refractivity contribution is 7.98. The summed E-state index contributed by atoms with van der Waals surface area (Å²) < 4.78 is 0. The third kappa shape index (κ3) is 6.31. The second-order valence-electron chi connectivity index (χ2n) is 7.77. The van der Waals surface area contributed by atoms with Crippen LogP contribution in [-0.2, 0) is 25.0 Å². The van der Waals surface area contributed by atoms with Gasteiger partial charge in [-0.05, 0) is 55.6 Å². The smallest absolute Gasteiger partial charge is 0.251 e. The van der Waals surface area contributed by atoms with Gasteiger partial charge in [0.1, 0.15) is 5.84 Å². The highest BCUT2D eigenvalue weighted by atomic mass is 32.2. The summed E-state index contributed by atoms with van der Waals surface area (Å²) in [5, 5.41) is 6.37. The minimum atomic E-state index is 0.0565. The molecule has 1 aromatic carbocycles. The molecule has 0 saturated heterocycles. The van der Waals surface area contributed by atoms with Crippen LogP contribution in [0.15, 0.2) is 51.6 Å². The standard InChI is InChI=1S/C24H28N4OS2/c1-17-14-19(26-23(29)21(17)10-9-18-6-3-2-4-7-18)11-13-30-15-20-16-31-24(27-20)28-22-8-5-12-25-22/h2-4,6-7,14,16H,5,8-13,15H2,1H3,(H,26,29)(H,25,27,28). The zero-order valence-electron chi connectivity index (χ0n) is 17.8. The fourth-order valence-corrected chi connectivity index (χ4v) is 5.40. The molecule has 1 aliphatic heterocycles. The number of pyridine rings is 1. The lowest BCUT2D eigenvalue weighted by atomic mass is 10.0. The third-order valence-corrected chi connectivity index (χ3v) is 7.16. The molecule has 5 nitrogen and oxygen atoms in total. The first-order chi connectivity index (χ1) is 15.2. The Bertz CT molecular complexity index is 1090. The maximum atomic E-state index is 12.6. The molecule has 0 atom stereocenters. The summed E-state index contributed by atoms with van der Waals surface area (Å²) in [6.45, 7) is 2.97. The molecule has 0 amide bonds. The molecule has 0 unspecified atom stereocenters. The van der Waals surface area contributed by atoms with E-state index in [2.05, 4.69) is 43.9 Å². The second kappa shape index (κ2) is 10.8. The first-order valence-electron chi connectivity index (χ1n) is 10.8. The van der Waals surface area contributed by atoms with Crippen LogP contribution in [0.5, 0.6) is 0 Å². The highest BCUT2D eigenvalue weighted by Crippen LogP contribution is 2.21. The molecular formula is C24H28N4OS2. The quantitative estimate of drug-likeness (QED) is 0.448. The Balaban J connectivity index is 1.24. The largest absolute Gasteiger partial charge is 0.326 e. The molecule has 4 rings (SSSR count). The summed E-state index contributed by atoms with van der Waals surface area (Å²) in [5.41, 5.74) is 5.41. The van der Waals surface area contributed by atoms with Gasteiger partial charge in [0.25, 0.3) is 5.56 Å². The number of hydrogen-bond donors (Lipinski definition) is 2. The molecule has 2 N–H and O–H groups in total. The number of hydrogen-bond acceptors (Lipinski definition) is 6. The van der Waals surface area contributed by atoms with E-state index in [0.717, 1.165) is 83.6 Å². The van der Waals surface area contributed by atoms with E-state index in [1.54, 1.807) is 11.3 Å². The van der Waals surface area contributed by atoms with Crippen molar-refractivity contribution in [2.45, 2.75) is 44.8 Å². The topological polar surface area (TPSA) is 70.1 Å². The minimum Gasteiger partial charge on any atom is -0.326 e. The van der Waals surface area contributed by atoms with Gasteiger partial charge in [-0.1, -0.05) is 30.3 Å². The van der Waals surface area contributed by atoms with Crippen LogP contribution in [-0.4, -0.2) is 28.1 Å². The molecule has 0 bridgehead atoms. The van der Waals surface area contributed by atoms with Crippen molar-refractivity contribution in [3.8, 4) is 0 Å². The lowest BCUT2D eigenvalue weighted by Gasteiger charge is -2.08. The van der Waals surface area contributed by atoms with Gasteiger partial charge in [0.05, 0.1) is 5.69 Å². The SMILES string of the molecule is Cc1cc(CCSCc2csc(NC3=NCCC3)n2)[nH]c(=O)c1CCc1ccccc1. The Morgan fingerprint density at radius 3 is 2.84 bits per heavy atom. The van der Waals surface area contributed by atoms with E-state index in [1.807, 2.05) is 36.9 Å². The van der Waals surface area contributed by atoms with Crippen LogP contribution in [0.2, 0.25) is 0 Å². The molecule has 0 radical (unpaired) electrons. The first-order valence-corrected chi connectivity index (χ1v) is 12.8. The Kier molecular flexibility index (Phi) is 7.59. The van der Waals surface area contributed by atoms with Crippen molar-refractivity contribution in [1.82, 2.24) is 9.97 Å². The van der Waals surface area contributed by atoms with Gasteiger partial charge < -0.3 is 10.3 Å². The van der Waals surface area contributed by atoms with Crippen molar-refractivity contribution in [3.63, 3.8) is 0 Å². The number of benzene rings is 1. The molecule has 1 aliphatic rings. The van der Waals surface area contributed by atoms with Crippen LogP contribution in [0.25, 0.3) is 0 Å². The zero-order valence-corrected chi connectivity index (χ0v) is 19.5. The number of amidine groups is 1. The van der Waals surface area contributed by atoms with E-state index in [1.165, 1.54) is 5.56 Å². The van der Waals surface area contributed by atoms with Gasteiger partial charge in [0.2, 0.25) is 0 Å². The van der Waals surface area contributed by atoms with Gasteiger partial charge in [0.15, 0.2) is 5.13 Å². The predicted octanol–water partition coefficient (Wildman–Crippen LogP) is 5.01. The van der Waals surface area contributed by atoms with Crippen LogP contribution in [0.3, 0.4) is 0 Å². The van der Waals surface area contributed by atoms with Gasteiger partial charge >= 0.3 is 0 Å². The molecule has 0 fully saturated rings. The molecule has 0 aliphatic carbocycles. The van der Waals surface area contributed by atoms with Crippen molar-refractivity contribution in [2.75, 3.05) is 17.6 Å². The van der Waals surface area contributed by atoms with Gasteiger partial charge in [-0.2, -0.15) is 11.8 Å². The van der Waals surface area contributed by atoms with Gasteiger partial charge in [-0.15, -0.1) is 11.3 Å². The zero-order chi connectivity index (χ0) is 21.5. The first kappa shape index (κ1) is 21.8. The van der Waals surface area contributed by atoms with Gasteiger partial charge in [-0.3, -0.25) is 9.79 Å². The number of thiazole rings is 1. The summed E-state index contributed by atoms with van der Waals surface area (Å²) in [7, 11) is 0. The number of aromatic amines is 1. The number of anilines is 1. The van der Waals surface area contributed by atoms with E-state index in [0.29, 0.717) is 0 Å². The Morgan fingerprint density at radius 1 is 1.19 bits per heavy atom. The molecule has 0 spiro atoms. The maximum absolute atomic E-state index is 12.6. The molecule has 7 heteroatoms. The number of aliphatic imine (C=N–C) groups is 1. The van der Waals surface area contributed by atoms with E-state index in [4.69, 9.17) is 0 Å². The van der Waals surface area contributed by atoms with Crippen LogP contribution < -0.4 is 10.9 Å². The fraction of sp³-hybridized carbons (Fsp3) is 0.375. The van der Waals surface area contributed by atoms with Crippen LogP contribution in [0.4, 0.5) is 5.13 Å². The molecule has 3 aromatic rings. The Morgan fingerprint density at radius 2 is 2.06 bits per heavy atom. The third-order valence-electron chi connectivity index (χ3n) is 5.36. The Labute approximate surface area is 191 Å². The molecule has 3 heterocycles. The number of nitrogens with zero attached hydrogens (tertiary/aromatic N) is 2. The number of aromatic nitrogens is 2. The number of H-pyrrole nitrogens is 1. The monoisotopic (exact) mass is 452 g/mol. The van der Waals surface area contributed by atoms with Gasteiger partial charge in [-0.25, -0.2) is 4.98 Å². The predicted molar refractivity (Wildman–Crippen MR) is 133 cm³/mol. The van der Waals surface area contributed by atoms with Crippen molar-refractivity contribution in [2.24, 2.45) is 4.99 Å². The Hall–Kier alpha value is -2.38. The molecule has 162 valence electrons. The number of nitrogens with one attached hydrogen (secondary N) is 2. The summed E-state index contributed by atoms with van der Waals surface area (Å²) in [4.78, 5) is 24.8. The summed E-state index contributed by atoms with van der Waals surface area (Å²) >= 11 is 3.48. The molecule has 31 heavy (non-hydrogen) atoms. The van der Waals surface area contributed by atoms with Crippen LogP contribution >= 0.6 is 23.1 Å². The molecule has 2 aromatic heterocycles. The van der Waals surface area contributed by atoms with E-state index < -0.39 is 0 Å². The summed E-state index contributed by atoms with van der Waals surface area (Å²) in [6, 6.07) is 12.5. The summed E-state index contributed by atoms with van der Waals surface area (Å²) in [6.07, 6.45) is 4.66. The van der Waals surface area contributed by atoms with E-state index in [9.17, 15) is 4.79 Å². The highest BCUT2D eigenvalue weighted by Gasteiger charge is 2.10. The number of rotatable bonds is 9. The maximum Gasteiger partial charge on any atom is 0.251 e. The van der Waals surface area contributed by atoms with E-state index in [-0.39, 0.29) is 5.56 Å². The van der Waals surface area contributed by atoms with Crippen molar-refractivity contribution in [3.05, 3.63) is 80.2 Å². The average Bonchev–Trinajstić information content (AvgIpc) is 3.44. The van der Waals surface area contributed by atoms with Crippen LogP contribution in [0.1, 0.15) is 40.9 Å². The number of thioether (sulfide) groups is 1. The summed E-state index contributed by atoms with van der Waals surface area (Å²) in [5.74, 6) is 2.88.